The topological polar surface area (TPSA) is 34.1 Å². The Morgan fingerprint density at radius 1 is 1.31 bits per heavy atom. The molecule has 0 N–H and O–H groups in total. The number of aryl methyl sites for hydroxylation is 3. The van der Waals surface area contributed by atoms with E-state index in [9.17, 15) is 0 Å². The Kier molecular flexibility index (Phi) is 1.58. The van der Waals surface area contributed by atoms with Crippen LogP contribution in [0.1, 0.15) is 17.0 Å². The first-order chi connectivity index (χ1) is 6.11. The summed E-state index contributed by atoms with van der Waals surface area (Å²) < 4.78 is 3.78. The first-order valence-corrected chi connectivity index (χ1v) is 4.28. The second-order valence-corrected chi connectivity index (χ2v) is 3.36. The van der Waals surface area contributed by atoms with E-state index in [-0.39, 0.29) is 0 Å². The summed E-state index contributed by atoms with van der Waals surface area (Å²) in [5.74, 6) is 0.889. The fourth-order valence-electron chi connectivity index (χ4n) is 1.40. The largest absolute Gasteiger partial charge is 0.386 e. The first-order valence-electron chi connectivity index (χ1n) is 4.28. The second kappa shape index (κ2) is 2.52. The maximum Gasteiger partial charge on any atom is 0.386 e. The van der Waals surface area contributed by atoms with E-state index in [1.165, 1.54) is 5.56 Å². The third-order valence-electron chi connectivity index (χ3n) is 2.52. The minimum Gasteiger partial charge on any atom is -0.227 e. The van der Waals surface area contributed by atoms with Crippen molar-refractivity contribution in [1.29, 1.82) is 0 Å². The molecule has 0 spiro atoms. The zero-order chi connectivity index (χ0) is 9.59. The highest BCUT2D eigenvalue weighted by molar-refractivity contribution is 5.31. The second-order valence-electron chi connectivity index (χ2n) is 3.36. The van der Waals surface area contributed by atoms with Gasteiger partial charge < -0.3 is 0 Å². The molecule has 13 heavy (non-hydrogen) atoms. The van der Waals surface area contributed by atoms with Gasteiger partial charge in [0.15, 0.2) is 0 Å². The molecule has 68 valence electrons. The number of fused-ring (bicyclic) bond motifs is 1. The van der Waals surface area contributed by atoms with Gasteiger partial charge in [0.1, 0.15) is 11.4 Å². The van der Waals surface area contributed by atoms with Gasteiger partial charge >= 0.3 is 5.78 Å². The van der Waals surface area contributed by atoms with Crippen molar-refractivity contribution >= 4 is 5.78 Å². The average molecular weight is 177 g/mol. The molecule has 0 aliphatic rings. The number of hydrogen-bond acceptors (Lipinski definition) is 2. The van der Waals surface area contributed by atoms with Crippen molar-refractivity contribution in [1.82, 2.24) is 14.6 Å². The Hall–Kier alpha value is -1.45. The van der Waals surface area contributed by atoms with E-state index in [2.05, 4.69) is 23.9 Å². The number of hydrogen-bond donors (Lipinski definition) is 0. The highest BCUT2D eigenvalue weighted by Crippen LogP contribution is 2.09. The minimum absolute atomic E-state index is 0.889. The van der Waals surface area contributed by atoms with Gasteiger partial charge in [0, 0.05) is 5.56 Å². The summed E-state index contributed by atoms with van der Waals surface area (Å²) in [7, 11) is 1.95. The van der Waals surface area contributed by atoms with Gasteiger partial charge in [-0.3, -0.25) is 0 Å². The molecule has 0 saturated carbocycles. The van der Waals surface area contributed by atoms with Crippen LogP contribution in [-0.4, -0.2) is 14.6 Å². The summed E-state index contributed by atoms with van der Waals surface area (Å²) in [6, 6.07) is 0. The Balaban J connectivity index is 2.96. The van der Waals surface area contributed by atoms with Crippen molar-refractivity contribution in [2.24, 2.45) is 7.05 Å². The van der Waals surface area contributed by atoms with E-state index in [1.54, 1.807) is 6.33 Å². The molecule has 0 amide bonds. The summed E-state index contributed by atoms with van der Waals surface area (Å²) in [4.78, 5) is 4.46. The maximum absolute atomic E-state index is 4.46. The Labute approximate surface area is 76.8 Å². The molecule has 0 unspecified atom stereocenters. The molecular weight excluding hydrogens is 164 g/mol. The van der Waals surface area contributed by atoms with Crippen LogP contribution in [-0.2, 0) is 7.05 Å². The molecule has 0 radical (unpaired) electrons. The number of nitrogens with zero attached hydrogens (tertiary/aromatic N) is 4. The van der Waals surface area contributed by atoms with E-state index < -0.39 is 0 Å². The van der Waals surface area contributed by atoms with E-state index in [0.717, 1.165) is 17.2 Å². The lowest BCUT2D eigenvalue weighted by Gasteiger charge is -1.98. The molecule has 2 heterocycles. The molecule has 0 atom stereocenters. The van der Waals surface area contributed by atoms with Gasteiger partial charge in [0.2, 0.25) is 6.33 Å². The van der Waals surface area contributed by atoms with Crippen LogP contribution >= 0.6 is 0 Å². The zero-order valence-corrected chi connectivity index (χ0v) is 8.37. The van der Waals surface area contributed by atoms with Gasteiger partial charge in [-0.2, -0.15) is 0 Å². The predicted molar refractivity (Wildman–Crippen MR) is 48.4 cm³/mol. The van der Waals surface area contributed by atoms with Crippen molar-refractivity contribution < 1.29 is 4.57 Å². The van der Waals surface area contributed by atoms with Crippen molar-refractivity contribution in [3.05, 3.63) is 23.3 Å². The molecule has 0 aliphatic heterocycles. The molecule has 2 aromatic rings. The van der Waals surface area contributed by atoms with E-state index >= 15 is 0 Å². The van der Waals surface area contributed by atoms with Gasteiger partial charge in [-0.25, -0.2) is 4.57 Å². The fraction of sp³-hybridized carbons (Fsp3) is 0.444. The van der Waals surface area contributed by atoms with E-state index in [4.69, 9.17) is 0 Å². The highest BCUT2D eigenvalue weighted by Gasteiger charge is 2.15. The molecule has 2 aromatic heterocycles. The molecule has 0 fully saturated rings. The summed E-state index contributed by atoms with van der Waals surface area (Å²) in [6.45, 7) is 6.15. The lowest BCUT2D eigenvalue weighted by molar-refractivity contribution is -0.648. The van der Waals surface area contributed by atoms with Crippen LogP contribution in [0, 0.1) is 20.8 Å². The summed E-state index contributed by atoms with van der Waals surface area (Å²) >= 11 is 0. The normalized spacial score (nSPS) is 11.1. The zero-order valence-electron chi connectivity index (χ0n) is 8.37. The molecule has 4 heteroatoms. The van der Waals surface area contributed by atoms with Crippen molar-refractivity contribution in [2.75, 3.05) is 0 Å². The standard InChI is InChI=1S/C9H13N4/c1-6-7(2)11-9-12(4)5-10-13(9)8(6)3/h5H,1-4H3/q+1. The van der Waals surface area contributed by atoms with Crippen LogP contribution in [0.3, 0.4) is 0 Å². The van der Waals surface area contributed by atoms with Crippen molar-refractivity contribution in [3.63, 3.8) is 0 Å². The summed E-state index contributed by atoms with van der Waals surface area (Å²) in [5.41, 5.74) is 3.43. The monoisotopic (exact) mass is 177 g/mol. The Morgan fingerprint density at radius 3 is 2.69 bits per heavy atom. The van der Waals surface area contributed by atoms with Gasteiger partial charge in [-0.05, 0) is 25.9 Å². The first kappa shape index (κ1) is 8.16. The maximum atomic E-state index is 4.46. The summed E-state index contributed by atoms with van der Waals surface area (Å²) in [6.07, 6.45) is 1.77. The minimum atomic E-state index is 0.889. The van der Waals surface area contributed by atoms with Gasteiger partial charge in [0.25, 0.3) is 0 Å². The van der Waals surface area contributed by atoms with Crippen LogP contribution in [0.2, 0.25) is 0 Å². The molecule has 0 aliphatic carbocycles. The van der Waals surface area contributed by atoms with Gasteiger partial charge in [-0.15, -0.1) is 4.98 Å². The third kappa shape index (κ3) is 1.02. The molecular formula is C9H13N4+. The fourth-order valence-corrected chi connectivity index (χ4v) is 1.40. The van der Waals surface area contributed by atoms with E-state index in [0.29, 0.717) is 0 Å². The molecule has 0 saturated heterocycles. The van der Waals surface area contributed by atoms with Crippen LogP contribution in [0.4, 0.5) is 0 Å². The molecule has 4 nitrogen and oxygen atoms in total. The van der Waals surface area contributed by atoms with Crippen molar-refractivity contribution in [3.8, 4) is 0 Å². The van der Waals surface area contributed by atoms with Crippen LogP contribution in [0.5, 0.6) is 0 Å². The highest BCUT2D eigenvalue weighted by atomic mass is 15.4. The summed E-state index contributed by atoms with van der Waals surface area (Å²) in [5, 5.41) is 4.24. The van der Waals surface area contributed by atoms with Gasteiger partial charge in [0.05, 0.1) is 7.05 Å². The molecule has 0 bridgehead atoms. The molecule has 0 aromatic carbocycles. The van der Waals surface area contributed by atoms with Crippen LogP contribution < -0.4 is 4.57 Å². The van der Waals surface area contributed by atoms with Crippen LogP contribution in [0.15, 0.2) is 6.33 Å². The third-order valence-corrected chi connectivity index (χ3v) is 2.52. The van der Waals surface area contributed by atoms with E-state index in [1.807, 2.05) is 23.1 Å². The quantitative estimate of drug-likeness (QED) is 0.548. The number of aromatic nitrogens is 4. The number of rotatable bonds is 0. The smallest absolute Gasteiger partial charge is 0.227 e. The predicted octanol–water partition coefficient (Wildman–Crippen LogP) is 0.479. The average Bonchev–Trinajstić information content (AvgIpc) is 2.45. The SMILES string of the molecule is Cc1nc2n(nc[n+]2C)c(C)c1C. The Morgan fingerprint density at radius 2 is 2.00 bits per heavy atom. The lowest BCUT2D eigenvalue weighted by Crippen LogP contribution is -2.27. The Bertz CT molecular complexity index is 470. The van der Waals surface area contributed by atoms with Crippen molar-refractivity contribution in [2.45, 2.75) is 20.8 Å². The molecule has 2 rings (SSSR count). The van der Waals surface area contributed by atoms with Gasteiger partial charge in [-0.1, -0.05) is 4.52 Å². The van der Waals surface area contributed by atoms with Crippen LogP contribution in [0.25, 0.3) is 5.78 Å². The lowest BCUT2D eigenvalue weighted by atomic mass is 10.2.